The summed E-state index contributed by atoms with van der Waals surface area (Å²) in [6, 6.07) is 10.9. The SMILES string of the molecule is C1=C2/CC(=NN=C2C2(c3ccccc3)CC2)CCCCCC/1. The van der Waals surface area contributed by atoms with Gasteiger partial charge < -0.3 is 0 Å². The number of hydrogen-bond donors (Lipinski definition) is 0. The zero-order chi connectivity index (χ0) is 14.8. The molecule has 1 fully saturated rings. The number of benzene rings is 1. The molecule has 1 aromatic carbocycles. The van der Waals surface area contributed by atoms with E-state index in [2.05, 4.69) is 41.5 Å². The van der Waals surface area contributed by atoms with Gasteiger partial charge in [0.15, 0.2) is 0 Å². The van der Waals surface area contributed by atoms with Crippen LogP contribution in [-0.2, 0) is 5.41 Å². The molecule has 2 heteroatoms. The molecule has 0 N–H and O–H groups in total. The van der Waals surface area contributed by atoms with Crippen LogP contribution in [0.5, 0.6) is 0 Å². The molecule has 0 aromatic heterocycles. The third kappa shape index (κ3) is 2.55. The van der Waals surface area contributed by atoms with Gasteiger partial charge in [0.2, 0.25) is 0 Å². The highest BCUT2D eigenvalue weighted by Gasteiger charge is 2.50. The van der Waals surface area contributed by atoms with Crippen molar-refractivity contribution in [3.63, 3.8) is 0 Å². The smallest absolute Gasteiger partial charge is 0.0768 e. The summed E-state index contributed by atoms with van der Waals surface area (Å²) >= 11 is 0. The minimum atomic E-state index is 0.159. The first-order valence-corrected chi connectivity index (χ1v) is 8.77. The Hall–Kier alpha value is -1.70. The molecule has 0 saturated heterocycles. The molecule has 0 amide bonds. The lowest BCUT2D eigenvalue weighted by atomic mass is 9.83. The highest BCUT2D eigenvalue weighted by atomic mass is 15.2. The van der Waals surface area contributed by atoms with E-state index in [1.165, 1.54) is 67.5 Å². The van der Waals surface area contributed by atoms with Crippen LogP contribution in [0.2, 0.25) is 0 Å². The van der Waals surface area contributed by atoms with Crippen LogP contribution in [0.15, 0.2) is 52.2 Å². The third-order valence-electron chi connectivity index (χ3n) is 5.33. The lowest BCUT2D eigenvalue weighted by Crippen LogP contribution is -2.26. The van der Waals surface area contributed by atoms with Crippen LogP contribution in [0, 0.1) is 0 Å². The first-order valence-electron chi connectivity index (χ1n) is 8.77. The molecule has 2 aliphatic carbocycles. The van der Waals surface area contributed by atoms with Gasteiger partial charge >= 0.3 is 0 Å². The Morgan fingerprint density at radius 3 is 2.50 bits per heavy atom. The predicted molar refractivity (Wildman–Crippen MR) is 92.6 cm³/mol. The monoisotopic (exact) mass is 292 g/mol. The fourth-order valence-corrected chi connectivity index (χ4v) is 3.88. The summed E-state index contributed by atoms with van der Waals surface area (Å²) in [5.41, 5.74) is 5.61. The van der Waals surface area contributed by atoms with Gasteiger partial charge in [0.1, 0.15) is 0 Å². The Morgan fingerprint density at radius 2 is 1.68 bits per heavy atom. The van der Waals surface area contributed by atoms with E-state index in [1.807, 2.05) is 0 Å². The molecule has 114 valence electrons. The molecular weight excluding hydrogens is 268 g/mol. The molecular formula is C20H24N2. The lowest BCUT2D eigenvalue weighted by molar-refractivity contribution is 0.652. The summed E-state index contributed by atoms with van der Waals surface area (Å²) in [5.74, 6) is 0. The molecule has 3 aliphatic rings. The summed E-state index contributed by atoms with van der Waals surface area (Å²) in [6.07, 6.45) is 13.6. The van der Waals surface area contributed by atoms with E-state index in [-0.39, 0.29) is 5.41 Å². The molecule has 0 spiro atoms. The number of hydrogen-bond acceptors (Lipinski definition) is 2. The highest BCUT2D eigenvalue weighted by molar-refractivity contribution is 6.14. The van der Waals surface area contributed by atoms with Crippen LogP contribution in [0.3, 0.4) is 0 Å². The zero-order valence-corrected chi connectivity index (χ0v) is 13.2. The van der Waals surface area contributed by atoms with Gasteiger partial charge in [-0.25, -0.2) is 0 Å². The van der Waals surface area contributed by atoms with E-state index < -0.39 is 0 Å². The largest absolute Gasteiger partial charge is 0.159 e. The average Bonchev–Trinajstić information content (AvgIpc) is 3.37. The Bertz CT molecular complexity index is 633. The van der Waals surface area contributed by atoms with Crippen LogP contribution in [0.1, 0.15) is 63.4 Å². The Balaban J connectivity index is 1.71. The fraction of sp³-hybridized carbons (Fsp3) is 0.500. The van der Waals surface area contributed by atoms with Crippen molar-refractivity contribution in [2.24, 2.45) is 10.2 Å². The molecule has 2 nitrogen and oxygen atoms in total. The van der Waals surface area contributed by atoms with Gasteiger partial charge in [-0.3, -0.25) is 0 Å². The van der Waals surface area contributed by atoms with E-state index in [0.29, 0.717) is 0 Å². The van der Waals surface area contributed by atoms with Crippen LogP contribution in [0.4, 0.5) is 0 Å². The summed E-state index contributed by atoms with van der Waals surface area (Å²) in [4.78, 5) is 0. The van der Waals surface area contributed by atoms with Crippen molar-refractivity contribution in [3.05, 3.63) is 47.5 Å². The second-order valence-electron chi connectivity index (χ2n) is 6.92. The van der Waals surface area contributed by atoms with Crippen molar-refractivity contribution in [2.45, 2.75) is 63.2 Å². The van der Waals surface area contributed by atoms with Crippen molar-refractivity contribution >= 4 is 11.4 Å². The van der Waals surface area contributed by atoms with Gasteiger partial charge in [-0.05, 0) is 49.7 Å². The number of allylic oxidation sites excluding steroid dienone is 2. The van der Waals surface area contributed by atoms with Gasteiger partial charge in [0, 0.05) is 17.5 Å². The molecule has 2 bridgehead atoms. The van der Waals surface area contributed by atoms with E-state index >= 15 is 0 Å². The van der Waals surface area contributed by atoms with Crippen molar-refractivity contribution < 1.29 is 0 Å². The van der Waals surface area contributed by atoms with Crippen molar-refractivity contribution in [3.8, 4) is 0 Å². The van der Waals surface area contributed by atoms with Gasteiger partial charge in [0.05, 0.1) is 5.71 Å². The maximum atomic E-state index is 4.73. The first kappa shape index (κ1) is 13.9. The summed E-state index contributed by atoms with van der Waals surface area (Å²) in [6.45, 7) is 0. The second kappa shape index (κ2) is 5.83. The van der Waals surface area contributed by atoms with Crippen LogP contribution in [0.25, 0.3) is 0 Å². The molecule has 1 aromatic rings. The number of rotatable bonds is 2. The average molecular weight is 292 g/mol. The summed E-state index contributed by atoms with van der Waals surface area (Å²) < 4.78 is 0. The molecule has 0 atom stereocenters. The number of fused-ring (bicyclic) bond motifs is 2. The van der Waals surface area contributed by atoms with E-state index in [1.54, 1.807) is 0 Å². The Kier molecular flexibility index (Phi) is 3.69. The van der Waals surface area contributed by atoms with Crippen LogP contribution < -0.4 is 0 Å². The van der Waals surface area contributed by atoms with Crippen molar-refractivity contribution in [1.82, 2.24) is 0 Å². The Labute approximate surface area is 133 Å². The Morgan fingerprint density at radius 1 is 0.864 bits per heavy atom. The van der Waals surface area contributed by atoms with E-state index in [4.69, 9.17) is 5.10 Å². The van der Waals surface area contributed by atoms with Gasteiger partial charge in [-0.2, -0.15) is 10.2 Å². The molecule has 1 aliphatic heterocycles. The molecule has 0 unspecified atom stereocenters. The maximum absolute atomic E-state index is 4.73. The fourth-order valence-electron chi connectivity index (χ4n) is 3.88. The highest BCUT2D eigenvalue weighted by Crippen LogP contribution is 2.52. The molecule has 1 saturated carbocycles. The minimum absolute atomic E-state index is 0.159. The topological polar surface area (TPSA) is 24.7 Å². The quantitative estimate of drug-likeness (QED) is 0.716. The van der Waals surface area contributed by atoms with E-state index in [0.717, 1.165) is 12.8 Å². The van der Waals surface area contributed by atoms with Gasteiger partial charge in [-0.15, -0.1) is 0 Å². The number of nitrogens with zero attached hydrogens (tertiary/aromatic N) is 2. The van der Waals surface area contributed by atoms with Crippen molar-refractivity contribution in [1.29, 1.82) is 0 Å². The minimum Gasteiger partial charge on any atom is -0.159 e. The van der Waals surface area contributed by atoms with Gasteiger partial charge in [0.25, 0.3) is 0 Å². The maximum Gasteiger partial charge on any atom is 0.0768 e. The summed E-state index contributed by atoms with van der Waals surface area (Å²) in [5, 5.41) is 9.34. The molecule has 1 heterocycles. The molecule has 22 heavy (non-hydrogen) atoms. The lowest BCUT2D eigenvalue weighted by Gasteiger charge is -2.24. The standard InChI is InChI=1S/C20H24N2/c1-2-5-9-16-15-18(12-8-3-1)21-22-19(16)20(13-14-20)17-10-6-4-7-11-17/h4,6-7,9-11H,1-3,5,8,12-15H2/b16-9-. The van der Waals surface area contributed by atoms with Gasteiger partial charge in [-0.1, -0.05) is 49.2 Å². The zero-order valence-electron chi connectivity index (χ0n) is 13.2. The van der Waals surface area contributed by atoms with E-state index in [9.17, 15) is 0 Å². The van der Waals surface area contributed by atoms with Crippen LogP contribution in [-0.4, -0.2) is 11.4 Å². The predicted octanol–water partition coefficient (Wildman–Crippen LogP) is 5.20. The van der Waals surface area contributed by atoms with Crippen LogP contribution >= 0.6 is 0 Å². The molecule has 0 radical (unpaired) electrons. The third-order valence-corrected chi connectivity index (χ3v) is 5.33. The normalized spacial score (nSPS) is 26.3. The summed E-state index contributed by atoms with van der Waals surface area (Å²) in [7, 11) is 0. The second-order valence-corrected chi connectivity index (χ2v) is 6.92. The first-order chi connectivity index (χ1) is 10.9. The van der Waals surface area contributed by atoms with Crippen molar-refractivity contribution in [2.75, 3.05) is 0 Å². The molecule has 4 rings (SSSR count).